The maximum atomic E-state index is 14.1. The van der Waals surface area contributed by atoms with E-state index in [1.807, 2.05) is 13.8 Å². The van der Waals surface area contributed by atoms with Gasteiger partial charge >= 0.3 is 0 Å². The fourth-order valence-corrected chi connectivity index (χ4v) is 10.4. The van der Waals surface area contributed by atoms with Gasteiger partial charge in [0, 0.05) is 41.9 Å². The van der Waals surface area contributed by atoms with Crippen molar-refractivity contribution in [2.75, 3.05) is 57.9 Å². The zero-order valence-electron chi connectivity index (χ0n) is 23.0. The number of aliphatic hydroxyl groups is 1. The topological polar surface area (TPSA) is 120 Å². The minimum absolute atomic E-state index is 0.0181. The predicted molar refractivity (Wildman–Crippen MR) is 157 cm³/mol. The van der Waals surface area contributed by atoms with Crippen LogP contribution in [0.25, 0.3) is 0 Å². The summed E-state index contributed by atoms with van der Waals surface area (Å²) in [6.45, 7) is 8.31. The third-order valence-electron chi connectivity index (χ3n) is 8.62. The Bertz CT molecular complexity index is 1090. The van der Waals surface area contributed by atoms with Crippen LogP contribution >= 0.6 is 27.7 Å². The Balaban J connectivity index is 1.38. The van der Waals surface area contributed by atoms with Gasteiger partial charge in [-0.15, -0.1) is 11.8 Å². The minimum atomic E-state index is -0.759. The Hall–Kier alpha value is -1.86. The summed E-state index contributed by atoms with van der Waals surface area (Å²) in [6.07, 6.45) is 1.11. The van der Waals surface area contributed by atoms with Crippen molar-refractivity contribution < 1.29 is 29.0 Å². The number of nitrogens with one attached hydrogen (secondary N) is 2. The minimum Gasteiger partial charge on any atom is -0.494 e. The molecule has 4 fully saturated rings. The highest BCUT2D eigenvalue weighted by Gasteiger charge is 2.76. The number of hydrogen-bond donors (Lipinski definition) is 3. The fourth-order valence-electron chi connectivity index (χ4n) is 6.76. The molecule has 0 radical (unpaired) electrons. The number of halogens is 1. The van der Waals surface area contributed by atoms with Crippen molar-refractivity contribution in [1.82, 2.24) is 15.1 Å². The smallest absolute Gasteiger partial charge is 0.244 e. The number of carbonyl (C=O) groups excluding carboxylic acids is 3. The molecule has 220 valence electrons. The summed E-state index contributed by atoms with van der Waals surface area (Å²) in [5.41, 5.74) is 0.628. The van der Waals surface area contributed by atoms with Crippen LogP contribution in [0.5, 0.6) is 5.75 Å². The maximum absolute atomic E-state index is 14.1. The summed E-state index contributed by atoms with van der Waals surface area (Å²) in [7, 11) is 0. The Kier molecular flexibility index (Phi) is 9.30. The summed E-state index contributed by atoms with van der Waals surface area (Å²) >= 11 is 5.39. The van der Waals surface area contributed by atoms with Gasteiger partial charge in [-0.3, -0.25) is 19.3 Å². The van der Waals surface area contributed by atoms with E-state index in [1.54, 1.807) is 40.9 Å². The molecule has 4 heterocycles. The van der Waals surface area contributed by atoms with Crippen LogP contribution in [0.1, 0.15) is 26.7 Å². The molecule has 4 aliphatic rings. The molecule has 1 spiro atoms. The normalized spacial score (nSPS) is 32.1. The Morgan fingerprint density at radius 3 is 2.60 bits per heavy atom. The van der Waals surface area contributed by atoms with Crippen molar-refractivity contribution in [3.8, 4) is 5.75 Å². The number of carbonyl (C=O) groups is 3. The lowest BCUT2D eigenvalue weighted by Crippen LogP contribution is -2.57. The van der Waals surface area contributed by atoms with E-state index in [2.05, 4.69) is 31.5 Å². The highest BCUT2D eigenvalue weighted by Crippen LogP contribution is 2.68. The van der Waals surface area contributed by atoms with E-state index in [1.165, 1.54) is 0 Å². The number of likely N-dealkylation sites (tertiary alicyclic amines) is 1. The average molecular weight is 640 g/mol. The number of nitrogens with zero attached hydrogens (tertiary/aromatic N) is 2. The molecule has 1 aromatic rings. The molecule has 2 bridgehead atoms. The molecule has 12 heteroatoms. The number of hydrogen-bond acceptors (Lipinski definition) is 8. The van der Waals surface area contributed by atoms with Crippen LogP contribution in [0.15, 0.2) is 24.3 Å². The molecule has 1 aromatic carbocycles. The maximum Gasteiger partial charge on any atom is 0.244 e. The molecule has 0 aromatic heterocycles. The quantitative estimate of drug-likeness (QED) is 0.313. The van der Waals surface area contributed by atoms with E-state index in [9.17, 15) is 19.5 Å². The number of rotatable bonds is 11. The zero-order chi connectivity index (χ0) is 28.4. The highest BCUT2D eigenvalue weighted by molar-refractivity contribution is 9.09. The summed E-state index contributed by atoms with van der Waals surface area (Å²) in [6, 6.07) is 5.93. The third-order valence-corrected chi connectivity index (χ3v) is 11.8. The molecular formula is C28H39BrN4O6S. The van der Waals surface area contributed by atoms with E-state index in [-0.39, 0.29) is 34.4 Å². The molecule has 5 rings (SSSR count). The van der Waals surface area contributed by atoms with Gasteiger partial charge in [-0.25, -0.2) is 0 Å². The lowest BCUT2D eigenvalue weighted by Gasteiger charge is -2.37. The van der Waals surface area contributed by atoms with Gasteiger partial charge in [0.05, 0.1) is 49.1 Å². The van der Waals surface area contributed by atoms with Gasteiger partial charge in [-0.2, -0.15) is 0 Å². The summed E-state index contributed by atoms with van der Waals surface area (Å²) < 4.78 is 10.2. The van der Waals surface area contributed by atoms with Crippen molar-refractivity contribution in [1.29, 1.82) is 0 Å². The molecule has 3 N–H and O–H groups in total. The van der Waals surface area contributed by atoms with Gasteiger partial charge in [0.1, 0.15) is 11.8 Å². The largest absolute Gasteiger partial charge is 0.494 e. The SMILES string of the molecule is CCOc1ccc(NC(=O)[C@H]2[C@H]3C(=O)N([C@@H](CC)CO)C(C(=O)NCCN4CCOCC4)C34CC(Br)[C@@H]2S4)cc1. The van der Waals surface area contributed by atoms with Gasteiger partial charge in [-0.1, -0.05) is 22.9 Å². The van der Waals surface area contributed by atoms with Crippen LogP contribution in [0.3, 0.4) is 0 Å². The number of ether oxygens (including phenoxy) is 2. The molecule has 4 aliphatic heterocycles. The molecule has 0 saturated carbocycles. The van der Waals surface area contributed by atoms with Gasteiger partial charge in [-0.05, 0) is 44.0 Å². The number of morpholine rings is 1. The Morgan fingerprint density at radius 2 is 1.95 bits per heavy atom. The molecule has 0 aliphatic carbocycles. The fraction of sp³-hybridized carbons (Fsp3) is 0.679. The molecule has 40 heavy (non-hydrogen) atoms. The first-order valence-electron chi connectivity index (χ1n) is 14.2. The first kappa shape index (κ1) is 29.6. The second kappa shape index (κ2) is 12.6. The summed E-state index contributed by atoms with van der Waals surface area (Å²) in [5, 5.41) is 16.2. The number of fused-ring (bicyclic) bond motifs is 1. The lowest BCUT2D eigenvalue weighted by atomic mass is 9.70. The summed E-state index contributed by atoms with van der Waals surface area (Å²) in [4.78, 5) is 45.6. The number of thioether (sulfide) groups is 1. The number of alkyl halides is 1. The van der Waals surface area contributed by atoms with Gasteiger partial charge in [0.2, 0.25) is 17.7 Å². The van der Waals surface area contributed by atoms with Crippen LogP contribution < -0.4 is 15.4 Å². The van der Waals surface area contributed by atoms with E-state index < -0.39 is 28.7 Å². The molecule has 7 atom stereocenters. The molecule has 10 nitrogen and oxygen atoms in total. The summed E-state index contributed by atoms with van der Waals surface area (Å²) in [5.74, 6) is -1.18. The van der Waals surface area contributed by atoms with E-state index in [4.69, 9.17) is 9.47 Å². The highest BCUT2D eigenvalue weighted by atomic mass is 79.9. The molecule has 4 saturated heterocycles. The van der Waals surface area contributed by atoms with Crippen molar-refractivity contribution >= 4 is 51.1 Å². The number of anilines is 1. The van der Waals surface area contributed by atoms with Gasteiger partial charge < -0.3 is 30.1 Å². The average Bonchev–Trinajstić information content (AvgIpc) is 3.55. The lowest BCUT2D eigenvalue weighted by molar-refractivity contribution is -0.142. The number of amides is 3. The van der Waals surface area contributed by atoms with Crippen molar-refractivity contribution in [2.45, 2.75) is 53.6 Å². The van der Waals surface area contributed by atoms with Crippen LogP contribution in [-0.2, 0) is 19.1 Å². The first-order chi connectivity index (χ1) is 19.3. The number of aliphatic hydroxyl groups excluding tert-OH is 1. The van der Waals surface area contributed by atoms with Crippen molar-refractivity contribution in [3.63, 3.8) is 0 Å². The second-order valence-corrected chi connectivity index (χ2v) is 13.6. The Morgan fingerprint density at radius 1 is 1.23 bits per heavy atom. The van der Waals surface area contributed by atoms with Crippen LogP contribution in [-0.4, -0.2) is 112 Å². The number of benzene rings is 1. The standard InChI is InChI=1S/C28H39BrN4O6S/c1-3-18(16-34)33-24(26(36)30-9-10-32-11-13-38-14-12-32)28-15-20(29)23(40-28)21(22(28)27(33)37)25(35)31-17-5-7-19(8-6-17)39-4-2/h5-8,18,20-24,34H,3-4,9-16H2,1-2H3,(H,30,36)(H,31,35)/t18-,20?,21-,22-,23-,24?,28?/m0/s1. The van der Waals surface area contributed by atoms with Crippen molar-refractivity contribution in [2.24, 2.45) is 11.8 Å². The third kappa shape index (κ3) is 5.37. The monoisotopic (exact) mass is 638 g/mol. The van der Waals surface area contributed by atoms with E-state index in [0.29, 0.717) is 57.2 Å². The van der Waals surface area contributed by atoms with Crippen LogP contribution in [0, 0.1) is 11.8 Å². The van der Waals surface area contributed by atoms with Gasteiger partial charge in [0.25, 0.3) is 0 Å². The second-order valence-electron chi connectivity index (χ2n) is 10.8. The zero-order valence-corrected chi connectivity index (χ0v) is 25.4. The van der Waals surface area contributed by atoms with E-state index in [0.717, 1.165) is 13.1 Å². The first-order valence-corrected chi connectivity index (χ1v) is 16.0. The van der Waals surface area contributed by atoms with Crippen LogP contribution in [0.4, 0.5) is 5.69 Å². The molecular weight excluding hydrogens is 600 g/mol. The van der Waals surface area contributed by atoms with Crippen molar-refractivity contribution in [3.05, 3.63) is 24.3 Å². The molecule has 3 amide bonds. The van der Waals surface area contributed by atoms with E-state index >= 15 is 0 Å². The van der Waals surface area contributed by atoms with Crippen LogP contribution in [0.2, 0.25) is 0 Å². The van der Waals surface area contributed by atoms with Gasteiger partial charge in [0.15, 0.2) is 0 Å². The predicted octanol–water partition coefficient (Wildman–Crippen LogP) is 1.71. The Labute approximate surface area is 248 Å². The molecule has 3 unspecified atom stereocenters.